The summed E-state index contributed by atoms with van der Waals surface area (Å²) in [5.41, 5.74) is 2.21. The number of fused-ring (bicyclic) bond motifs is 1. The highest BCUT2D eigenvalue weighted by atomic mass is 35.5. The number of hydrogen-bond donors (Lipinski definition) is 2. The first-order valence-electron chi connectivity index (χ1n) is 5.79. The standard InChI is InChI=1S/C13H18N2O.ClH/c1-9(2)14-8-10-7-13(16)15-12-6-4-3-5-11(10)12;/h3-6,9-10,14H,7-8H2,1-2H3,(H,15,16);1H. The van der Waals surface area contributed by atoms with Gasteiger partial charge in [-0.2, -0.15) is 0 Å². The number of hydrogen-bond acceptors (Lipinski definition) is 2. The summed E-state index contributed by atoms with van der Waals surface area (Å²) < 4.78 is 0. The van der Waals surface area contributed by atoms with Crippen molar-refractivity contribution in [3.05, 3.63) is 29.8 Å². The minimum absolute atomic E-state index is 0. The summed E-state index contributed by atoms with van der Waals surface area (Å²) in [5, 5.41) is 6.31. The molecule has 1 aromatic rings. The lowest BCUT2D eigenvalue weighted by Gasteiger charge is -2.26. The Balaban J connectivity index is 0.00000144. The van der Waals surface area contributed by atoms with Gasteiger partial charge in [0, 0.05) is 30.6 Å². The minimum Gasteiger partial charge on any atom is -0.326 e. The molecule has 4 heteroatoms. The average molecular weight is 255 g/mol. The number of carbonyl (C=O) groups excluding carboxylic acids is 1. The summed E-state index contributed by atoms with van der Waals surface area (Å²) >= 11 is 0. The number of rotatable bonds is 3. The summed E-state index contributed by atoms with van der Waals surface area (Å²) in [6.07, 6.45) is 0.580. The maximum absolute atomic E-state index is 11.5. The number of para-hydroxylation sites is 1. The van der Waals surface area contributed by atoms with Crippen LogP contribution in [-0.4, -0.2) is 18.5 Å². The van der Waals surface area contributed by atoms with E-state index in [0.717, 1.165) is 12.2 Å². The van der Waals surface area contributed by atoms with Gasteiger partial charge in [0.2, 0.25) is 5.91 Å². The molecule has 2 N–H and O–H groups in total. The van der Waals surface area contributed by atoms with Crippen molar-refractivity contribution in [3.63, 3.8) is 0 Å². The van der Waals surface area contributed by atoms with Gasteiger partial charge in [0.15, 0.2) is 0 Å². The molecule has 0 bridgehead atoms. The fourth-order valence-electron chi connectivity index (χ4n) is 2.06. The molecule has 2 rings (SSSR count). The molecule has 17 heavy (non-hydrogen) atoms. The van der Waals surface area contributed by atoms with Crippen molar-refractivity contribution in [1.82, 2.24) is 5.32 Å². The minimum atomic E-state index is 0. The van der Waals surface area contributed by atoms with Crippen molar-refractivity contribution in [1.29, 1.82) is 0 Å². The van der Waals surface area contributed by atoms with E-state index in [9.17, 15) is 4.79 Å². The maximum Gasteiger partial charge on any atom is 0.225 e. The number of anilines is 1. The Morgan fingerprint density at radius 1 is 1.41 bits per heavy atom. The van der Waals surface area contributed by atoms with Crippen LogP contribution in [-0.2, 0) is 4.79 Å². The van der Waals surface area contributed by atoms with Crippen LogP contribution >= 0.6 is 12.4 Å². The van der Waals surface area contributed by atoms with Crippen molar-refractivity contribution in [2.75, 3.05) is 11.9 Å². The number of halogens is 1. The van der Waals surface area contributed by atoms with Gasteiger partial charge in [-0.1, -0.05) is 32.0 Å². The fraction of sp³-hybridized carbons (Fsp3) is 0.462. The van der Waals surface area contributed by atoms with Gasteiger partial charge in [0.1, 0.15) is 0 Å². The molecule has 1 aliphatic heterocycles. The Hall–Kier alpha value is -1.06. The van der Waals surface area contributed by atoms with Gasteiger partial charge in [0.05, 0.1) is 0 Å². The van der Waals surface area contributed by atoms with E-state index in [1.807, 2.05) is 18.2 Å². The highest BCUT2D eigenvalue weighted by Gasteiger charge is 2.24. The van der Waals surface area contributed by atoms with Crippen LogP contribution in [0, 0.1) is 0 Å². The van der Waals surface area contributed by atoms with Crippen molar-refractivity contribution in [2.24, 2.45) is 0 Å². The molecule has 0 radical (unpaired) electrons. The molecule has 1 heterocycles. The first-order chi connectivity index (χ1) is 7.66. The molecular weight excluding hydrogens is 236 g/mol. The van der Waals surface area contributed by atoms with Crippen LogP contribution < -0.4 is 10.6 Å². The highest BCUT2D eigenvalue weighted by Crippen LogP contribution is 2.31. The quantitative estimate of drug-likeness (QED) is 0.870. The summed E-state index contributed by atoms with van der Waals surface area (Å²) in [7, 11) is 0. The van der Waals surface area contributed by atoms with Gasteiger partial charge in [-0.25, -0.2) is 0 Å². The largest absolute Gasteiger partial charge is 0.326 e. The summed E-state index contributed by atoms with van der Waals surface area (Å²) in [6.45, 7) is 5.10. The van der Waals surface area contributed by atoms with Crippen molar-refractivity contribution in [2.45, 2.75) is 32.2 Å². The molecule has 0 aromatic heterocycles. The Morgan fingerprint density at radius 2 is 2.12 bits per heavy atom. The van der Waals surface area contributed by atoms with E-state index in [1.165, 1.54) is 5.56 Å². The van der Waals surface area contributed by atoms with Gasteiger partial charge >= 0.3 is 0 Å². The third-order valence-corrected chi connectivity index (χ3v) is 2.88. The van der Waals surface area contributed by atoms with Crippen LogP contribution in [0.3, 0.4) is 0 Å². The molecule has 1 amide bonds. The average Bonchev–Trinajstić information content (AvgIpc) is 2.25. The predicted molar refractivity (Wildman–Crippen MR) is 72.8 cm³/mol. The monoisotopic (exact) mass is 254 g/mol. The Kier molecular flexibility index (Phi) is 4.97. The summed E-state index contributed by atoms with van der Waals surface area (Å²) in [4.78, 5) is 11.5. The molecule has 0 saturated heterocycles. The topological polar surface area (TPSA) is 41.1 Å². The first kappa shape index (κ1) is 14.0. The van der Waals surface area contributed by atoms with Gasteiger partial charge in [-0.15, -0.1) is 12.4 Å². The Labute approximate surface area is 108 Å². The zero-order valence-corrected chi connectivity index (χ0v) is 11.0. The van der Waals surface area contributed by atoms with E-state index in [1.54, 1.807) is 0 Å². The number of benzene rings is 1. The summed E-state index contributed by atoms with van der Waals surface area (Å²) in [6, 6.07) is 8.50. The van der Waals surface area contributed by atoms with Crippen LogP contribution in [0.5, 0.6) is 0 Å². The lowest BCUT2D eigenvalue weighted by atomic mass is 9.90. The van der Waals surface area contributed by atoms with Crippen LogP contribution in [0.25, 0.3) is 0 Å². The lowest BCUT2D eigenvalue weighted by molar-refractivity contribution is -0.116. The van der Waals surface area contributed by atoms with E-state index in [4.69, 9.17) is 0 Å². The molecular formula is C13H19ClN2O. The number of amides is 1. The predicted octanol–water partition coefficient (Wildman–Crippen LogP) is 2.53. The van der Waals surface area contributed by atoms with E-state index in [-0.39, 0.29) is 18.3 Å². The normalized spacial score (nSPS) is 18.3. The zero-order valence-electron chi connectivity index (χ0n) is 10.2. The van der Waals surface area contributed by atoms with E-state index < -0.39 is 0 Å². The van der Waals surface area contributed by atoms with Crippen molar-refractivity contribution in [3.8, 4) is 0 Å². The molecule has 1 unspecified atom stereocenters. The van der Waals surface area contributed by atoms with Crippen LogP contribution in [0.15, 0.2) is 24.3 Å². The van der Waals surface area contributed by atoms with Crippen LogP contribution in [0.1, 0.15) is 31.7 Å². The lowest BCUT2D eigenvalue weighted by Crippen LogP contribution is -2.32. The third-order valence-electron chi connectivity index (χ3n) is 2.88. The Morgan fingerprint density at radius 3 is 2.82 bits per heavy atom. The van der Waals surface area contributed by atoms with Crippen molar-refractivity contribution < 1.29 is 4.79 Å². The van der Waals surface area contributed by atoms with Crippen LogP contribution in [0.4, 0.5) is 5.69 Å². The molecule has 0 fully saturated rings. The smallest absolute Gasteiger partial charge is 0.225 e. The molecule has 94 valence electrons. The van der Waals surface area contributed by atoms with Crippen molar-refractivity contribution >= 4 is 24.0 Å². The van der Waals surface area contributed by atoms with Crippen LogP contribution in [0.2, 0.25) is 0 Å². The van der Waals surface area contributed by atoms with Gasteiger partial charge < -0.3 is 10.6 Å². The number of carbonyl (C=O) groups is 1. The third kappa shape index (κ3) is 3.45. The van der Waals surface area contributed by atoms with Gasteiger partial charge in [0.25, 0.3) is 0 Å². The Bertz CT molecular complexity index is 393. The maximum atomic E-state index is 11.5. The second-order valence-electron chi connectivity index (χ2n) is 4.60. The molecule has 1 aromatic carbocycles. The molecule has 1 aliphatic rings. The zero-order chi connectivity index (χ0) is 11.5. The van der Waals surface area contributed by atoms with E-state index in [2.05, 4.69) is 30.5 Å². The molecule has 0 aliphatic carbocycles. The molecule has 0 spiro atoms. The fourth-order valence-corrected chi connectivity index (χ4v) is 2.06. The highest BCUT2D eigenvalue weighted by molar-refractivity contribution is 5.94. The molecule has 3 nitrogen and oxygen atoms in total. The van der Waals surface area contributed by atoms with Gasteiger partial charge in [-0.05, 0) is 11.6 Å². The number of nitrogens with one attached hydrogen (secondary N) is 2. The van der Waals surface area contributed by atoms with E-state index >= 15 is 0 Å². The first-order valence-corrected chi connectivity index (χ1v) is 5.79. The second-order valence-corrected chi connectivity index (χ2v) is 4.60. The SMILES string of the molecule is CC(C)NCC1CC(=O)Nc2ccccc21.Cl. The molecule has 1 atom stereocenters. The van der Waals surface area contributed by atoms with Gasteiger partial charge in [-0.3, -0.25) is 4.79 Å². The second kappa shape index (κ2) is 6.03. The van der Waals surface area contributed by atoms with E-state index in [0.29, 0.717) is 18.4 Å². The summed E-state index contributed by atoms with van der Waals surface area (Å²) in [5.74, 6) is 0.418. The molecule has 0 saturated carbocycles.